The molecule has 88 valence electrons. The number of carbonyl (C=O) groups excluding carboxylic acids is 1. The van der Waals surface area contributed by atoms with Crippen molar-refractivity contribution < 1.29 is 4.79 Å². The number of rotatable bonds is 5. The van der Waals surface area contributed by atoms with Gasteiger partial charge in [0.1, 0.15) is 0 Å². The highest BCUT2D eigenvalue weighted by molar-refractivity contribution is 5.93. The molecular weight excluding hydrogens is 202 g/mol. The summed E-state index contributed by atoms with van der Waals surface area (Å²) < 4.78 is 0. The van der Waals surface area contributed by atoms with Gasteiger partial charge < -0.3 is 11.1 Å². The van der Waals surface area contributed by atoms with Crippen molar-refractivity contribution in [1.82, 2.24) is 10.3 Å². The summed E-state index contributed by atoms with van der Waals surface area (Å²) in [6.45, 7) is 4.73. The smallest absolute Gasteiger partial charge is 0.252 e. The van der Waals surface area contributed by atoms with Gasteiger partial charge >= 0.3 is 0 Å². The molecule has 4 nitrogen and oxygen atoms in total. The molecule has 0 saturated heterocycles. The van der Waals surface area contributed by atoms with Crippen LogP contribution in [0.4, 0.5) is 0 Å². The summed E-state index contributed by atoms with van der Waals surface area (Å²) in [5.41, 5.74) is 6.44. The molecule has 0 spiro atoms. The lowest BCUT2D eigenvalue weighted by molar-refractivity contribution is 0.0949. The Labute approximate surface area is 96.3 Å². The van der Waals surface area contributed by atoms with E-state index in [0.29, 0.717) is 18.0 Å². The van der Waals surface area contributed by atoms with Crippen molar-refractivity contribution >= 4 is 5.91 Å². The number of pyridine rings is 1. The van der Waals surface area contributed by atoms with Crippen LogP contribution in [0.3, 0.4) is 0 Å². The third kappa shape index (κ3) is 4.40. The topological polar surface area (TPSA) is 68.0 Å². The summed E-state index contributed by atoms with van der Waals surface area (Å²) >= 11 is 0. The Morgan fingerprint density at radius 2 is 2.31 bits per heavy atom. The Bertz CT molecular complexity index is 324. The molecule has 0 aliphatic carbocycles. The van der Waals surface area contributed by atoms with Crippen molar-refractivity contribution in [2.75, 3.05) is 6.54 Å². The first kappa shape index (κ1) is 12.6. The monoisotopic (exact) mass is 221 g/mol. The number of amides is 1. The van der Waals surface area contributed by atoms with Crippen LogP contribution in [0.25, 0.3) is 0 Å². The number of nitrogens with zero attached hydrogens (tertiary/aromatic N) is 1. The predicted octanol–water partition coefficient (Wildman–Crippen LogP) is 1.18. The largest absolute Gasteiger partial charge is 0.350 e. The van der Waals surface area contributed by atoms with Crippen molar-refractivity contribution in [3.05, 3.63) is 30.1 Å². The lowest BCUT2D eigenvalue weighted by atomic mass is 10.0. The van der Waals surface area contributed by atoms with Crippen LogP contribution in [-0.4, -0.2) is 23.5 Å². The fourth-order valence-corrected chi connectivity index (χ4v) is 1.51. The van der Waals surface area contributed by atoms with Crippen LogP contribution in [0, 0.1) is 5.92 Å². The number of carbonyl (C=O) groups is 1. The van der Waals surface area contributed by atoms with Crippen LogP contribution in [0.2, 0.25) is 0 Å². The van der Waals surface area contributed by atoms with Gasteiger partial charge in [-0.2, -0.15) is 0 Å². The molecule has 1 rings (SSSR count). The van der Waals surface area contributed by atoms with E-state index in [0.717, 1.165) is 6.42 Å². The van der Waals surface area contributed by atoms with Gasteiger partial charge in [0.15, 0.2) is 0 Å². The minimum absolute atomic E-state index is 0.0145. The number of hydrogen-bond acceptors (Lipinski definition) is 3. The molecule has 1 heterocycles. The van der Waals surface area contributed by atoms with E-state index < -0.39 is 0 Å². The zero-order valence-electron chi connectivity index (χ0n) is 9.81. The fraction of sp³-hybridized carbons (Fsp3) is 0.500. The molecule has 0 bridgehead atoms. The normalized spacial score (nSPS) is 12.5. The molecular formula is C12H19N3O. The van der Waals surface area contributed by atoms with Gasteiger partial charge in [0, 0.05) is 25.0 Å². The number of nitrogens with two attached hydrogens (primary N) is 1. The van der Waals surface area contributed by atoms with Crippen molar-refractivity contribution in [3.8, 4) is 0 Å². The van der Waals surface area contributed by atoms with Crippen LogP contribution >= 0.6 is 0 Å². The van der Waals surface area contributed by atoms with E-state index in [1.165, 1.54) is 0 Å². The van der Waals surface area contributed by atoms with Crippen molar-refractivity contribution in [3.63, 3.8) is 0 Å². The lowest BCUT2D eigenvalue weighted by Crippen LogP contribution is -2.38. The highest BCUT2D eigenvalue weighted by Gasteiger charge is 2.09. The van der Waals surface area contributed by atoms with Gasteiger partial charge in [-0.25, -0.2) is 0 Å². The van der Waals surface area contributed by atoms with Gasteiger partial charge in [0.25, 0.3) is 5.91 Å². The lowest BCUT2D eigenvalue weighted by Gasteiger charge is -2.14. The summed E-state index contributed by atoms with van der Waals surface area (Å²) in [5, 5.41) is 2.80. The van der Waals surface area contributed by atoms with Crippen molar-refractivity contribution in [2.24, 2.45) is 11.7 Å². The maximum Gasteiger partial charge on any atom is 0.252 e. The van der Waals surface area contributed by atoms with Gasteiger partial charge in [-0.15, -0.1) is 0 Å². The molecule has 4 heteroatoms. The number of nitrogens with one attached hydrogen (secondary N) is 1. The molecule has 1 aromatic heterocycles. The maximum atomic E-state index is 11.6. The van der Waals surface area contributed by atoms with Gasteiger partial charge in [-0.3, -0.25) is 9.78 Å². The second-order valence-corrected chi connectivity index (χ2v) is 4.34. The van der Waals surface area contributed by atoms with Gasteiger partial charge in [0.05, 0.1) is 5.56 Å². The molecule has 0 unspecified atom stereocenters. The Morgan fingerprint density at radius 1 is 1.56 bits per heavy atom. The molecule has 0 aliphatic heterocycles. The van der Waals surface area contributed by atoms with Gasteiger partial charge in [0.2, 0.25) is 0 Å². The van der Waals surface area contributed by atoms with E-state index in [1.54, 1.807) is 24.5 Å². The van der Waals surface area contributed by atoms with E-state index in [1.807, 2.05) is 0 Å². The Balaban J connectivity index is 2.36. The highest BCUT2D eigenvalue weighted by Crippen LogP contribution is 2.02. The minimum Gasteiger partial charge on any atom is -0.350 e. The maximum absolute atomic E-state index is 11.6. The van der Waals surface area contributed by atoms with Crippen LogP contribution in [0.15, 0.2) is 24.5 Å². The van der Waals surface area contributed by atoms with E-state index in [4.69, 9.17) is 5.73 Å². The molecule has 16 heavy (non-hydrogen) atoms. The molecule has 0 radical (unpaired) electrons. The van der Waals surface area contributed by atoms with Crippen LogP contribution in [-0.2, 0) is 0 Å². The molecule has 0 saturated carbocycles. The first-order valence-corrected chi connectivity index (χ1v) is 5.53. The molecule has 0 fully saturated rings. The predicted molar refractivity (Wildman–Crippen MR) is 64.0 cm³/mol. The van der Waals surface area contributed by atoms with Crippen LogP contribution in [0.1, 0.15) is 30.6 Å². The van der Waals surface area contributed by atoms with Gasteiger partial charge in [-0.05, 0) is 24.5 Å². The molecule has 1 aromatic rings. The molecule has 0 aliphatic rings. The third-order valence-electron chi connectivity index (χ3n) is 2.22. The fourth-order valence-electron chi connectivity index (χ4n) is 1.51. The summed E-state index contributed by atoms with van der Waals surface area (Å²) in [6.07, 6.45) is 4.10. The standard InChI is InChI=1S/C12H19N3O/c1-9(2)6-11(13)8-15-12(16)10-4-3-5-14-7-10/h3-5,7,9,11H,6,8,13H2,1-2H3,(H,15,16)/t11-/m0/s1. The van der Waals surface area contributed by atoms with Crippen molar-refractivity contribution in [1.29, 1.82) is 0 Å². The average Bonchev–Trinajstić information content (AvgIpc) is 2.26. The second kappa shape index (κ2) is 6.23. The summed E-state index contributed by atoms with van der Waals surface area (Å²) in [7, 11) is 0. The number of hydrogen-bond donors (Lipinski definition) is 2. The van der Waals surface area contributed by atoms with E-state index in [2.05, 4.69) is 24.1 Å². The second-order valence-electron chi connectivity index (χ2n) is 4.34. The Morgan fingerprint density at radius 3 is 2.88 bits per heavy atom. The first-order valence-electron chi connectivity index (χ1n) is 5.53. The van der Waals surface area contributed by atoms with E-state index >= 15 is 0 Å². The quantitative estimate of drug-likeness (QED) is 0.784. The summed E-state index contributed by atoms with van der Waals surface area (Å²) in [6, 6.07) is 3.49. The number of aromatic nitrogens is 1. The van der Waals surface area contributed by atoms with Crippen molar-refractivity contribution in [2.45, 2.75) is 26.3 Å². The van der Waals surface area contributed by atoms with Crippen LogP contribution in [0.5, 0.6) is 0 Å². The zero-order valence-corrected chi connectivity index (χ0v) is 9.81. The Kier molecular flexibility index (Phi) is 4.92. The van der Waals surface area contributed by atoms with Crippen LogP contribution < -0.4 is 11.1 Å². The SMILES string of the molecule is CC(C)C[C@H](N)CNC(=O)c1cccnc1. The summed E-state index contributed by atoms with van der Waals surface area (Å²) in [4.78, 5) is 15.5. The molecule has 0 aromatic carbocycles. The Hall–Kier alpha value is -1.42. The first-order chi connectivity index (χ1) is 7.59. The minimum atomic E-state index is -0.118. The van der Waals surface area contributed by atoms with E-state index in [9.17, 15) is 4.79 Å². The van der Waals surface area contributed by atoms with E-state index in [-0.39, 0.29) is 11.9 Å². The molecule has 3 N–H and O–H groups in total. The molecule has 1 amide bonds. The van der Waals surface area contributed by atoms with Gasteiger partial charge in [-0.1, -0.05) is 13.8 Å². The average molecular weight is 221 g/mol. The zero-order chi connectivity index (χ0) is 12.0. The third-order valence-corrected chi connectivity index (χ3v) is 2.22. The highest BCUT2D eigenvalue weighted by atomic mass is 16.1. The molecule has 1 atom stereocenters. The summed E-state index contributed by atoms with van der Waals surface area (Å²) in [5.74, 6) is 0.428.